The highest BCUT2D eigenvalue weighted by molar-refractivity contribution is 5.96. The SMILES string of the molecule is O=C(COC(=O)CNC(=O)c1cccc([N+](=O)[O-])c1)NCc1ccccc1. The number of nitrogens with zero attached hydrogens (tertiary/aromatic N) is 1. The second-order valence-corrected chi connectivity index (χ2v) is 5.41. The number of hydrogen-bond acceptors (Lipinski definition) is 6. The number of esters is 1. The molecule has 0 radical (unpaired) electrons. The second-order valence-electron chi connectivity index (χ2n) is 5.41. The Morgan fingerprint density at radius 3 is 2.44 bits per heavy atom. The van der Waals surface area contributed by atoms with E-state index in [-0.39, 0.29) is 11.3 Å². The summed E-state index contributed by atoms with van der Waals surface area (Å²) < 4.78 is 4.77. The molecule has 2 N–H and O–H groups in total. The third kappa shape index (κ3) is 6.58. The number of nitro benzene ring substituents is 1. The third-order valence-electron chi connectivity index (χ3n) is 3.41. The van der Waals surface area contributed by atoms with Crippen molar-refractivity contribution in [3.05, 3.63) is 75.8 Å². The molecule has 0 unspecified atom stereocenters. The molecule has 0 fully saturated rings. The zero-order valence-corrected chi connectivity index (χ0v) is 14.2. The van der Waals surface area contributed by atoms with Crippen molar-refractivity contribution in [3.63, 3.8) is 0 Å². The summed E-state index contributed by atoms with van der Waals surface area (Å²) in [6.45, 7) is -0.632. The van der Waals surface area contributed by atoms with Gasteiger partial charge in [0.1, 0.15) is 6.54 Å². The number of hydrogen-bond donors (Lipinski definition) is 2. The molecule has 2 amide bonds. The molecule has 0 saturated carbocycles. The van der Waals surface area contributed by atoms with Crippen LogP contribution in [0.1, 0.15) is 15.9 Å². The minimum absolute atomic E-state index is 0.0394. The molecule has 0 spiro atoms. The van der Waals surface area contributed by atoms with Gasteiger partial charge in [-0.3, -0.25) is 24.5 Å². The lowest BCUT2D eigenvalue weighted by molar-refractivity contribution is -0.384. The van der Waals surface area contributed by atoms with Gasteiger partial charge in [-0.05, 0) is 11.6 Å². The lowest BCUT2D eigenvalue weighted by Crippen LogP contribution is -2.33. The zero-order valence-electron chi connectivity index (χ0n) is 14.2. The Morgan fingerprint density at radius 1 is 1.00 bits per heavy atom. The van der Waals surface area contributed by atoms with Crippen molar-refractivity contribution in [2.45, 2.75) is 6.54 Å². The average Bonchev–Trinajstić information content (AvgIpc) is 2.69. The predicted octanol–water partition coefficient (Wildman–Crippen LogP) is 1.18. The van der Waals surface area contributed by atoms with Crippen LogP contribution < -0.4 is 10.6 Å². The van der Waals surface area contributed by atoms with E-state index >= 15 is 0 Å². The summed E-state index contributed by atoms with van der Waals surface area (Å²) in [7, 11) is 0. The van der Waals surface area contributed by atoms with Crippen molar-refractivity contribution in [1.29, 1.82) is 0 Å². The fourth-order valence-corrected chi connectivity index (χ4v) is 2.06. The average molecular weight is 371 g/mol. The molecule has 0 aliphatic rings. The van der Waals surface area contributed by atoms with E-state index in [2.05, 4.69) is 10.6 Å². The second kappa shape index (κ2) is 9.66. The minimum Gasteiger partial charge on any atom is -0.454 e. The van der Waals surface area contributed by atoms with E-state index < -0.39 is 35.9 Å². The van der Waals surface area contributed by atoms with Crippen LogP contribution in [0.2, 0.25) is 0 Å². The first-order valence-electron chi connectivity index (χ1n) is 7.94. The topological polar surface area (TPSA) is 128 Å². The maximum Gasteiger partial charge on any atom is 0.325 e. The molecule has 0 aromatic heterocycles. The van der Waals surface area contributed by atoms with Crippen LogP contribution in [0.3, 0.4) is 0 Å². The maximum absolute atomic E-state index is 11.9. The number of benzene rings is 2. The first-order valence-corrected chi connectivity index (χ1v) is 7.94. The van der Waals surface area contributed by atoms with E-state index in [9.17, 15) is 24.5 Å². The fraction of sp³-hybridized carbons (Fsp3) is 0.167. The van der Waals surface area contributed by atoms with Gasteiger partial charge in [0.2, 0.25) is 0 Å². The van der Waals surface area contributed by atoms with Gasteiger partial charge in [-0.15, -0.1) is 0 Å². The molecular weight excluding hydrogens is 354 g/mol. The van der Waals surface area contributed by atoms with Crippen LogP contribution in [0.5, 0.6) is 0 Å². The minimum atomic E-state index is -0.802. The van der Waals surface area contributed by atoms with Gasteiger partial charge in [0, 0.05) is 24.2 Å². The quantitative estimate of drug-likeness (QED) is 0.407. The Bertz CT molecular complexity index is 838. The van der Waals surface area contributed by atoms with Gasteiger partial charge in [0.05, 0.1) is 4.92 Å². The number of nitrogens with one attached hydrogen (secondary N) is 2. The molecule has 0 aliphatic heterocycles. The number of nitro groups is 1. The summed E-state index contributed by atoms with van der Waals surface area (Å²) >= 11 is 0. The van der Waals surface area contributed by atoms with Crippen molar-refractivity contribution in [1.82, 2.24) is 10.6 Å². The van der Waals surface area contributed by atoms with Gasteiger partial charge in [0.15, 0.2) is 6.61 Å². The first kappa shape index (κ1) is 19.6. The Kier molecular flexibility index (Phi) is 7.00. The molecule has 2 aromatic rings. The van der Waals surface area contributed by atoms with E-state index in [0.717, 1.165) is 11.6 Å². The standard InChI is InChI=1S/C18H17N3O6/c22-16(19-10-13-5-2-1-3-6-13)12-27-17(23)11-20-18(24)14-7-4-8-15(9-14)21(25)26/h1-9H,10-12H2,(H,19,22)(H,20,24). The van der Waals surface area contributed by atoms with Gasteiger partial charge >= 0.3 is 5.97 Å². The van der Waals surface area contributed by atoms with Gasteiger partial charge in [-0.1, -0.05) is 36.4 Å². The fourth-order valence-electron chi connectivity index (χ4n) is 2.06. The summed E-state index contributed by atoms with van der Waals surface area (Å²) in [5.41, 5.74) is 0.708. The summed E-state index contributed by atoms with van der Waals surface area (Å²) in [6, 6.07) is 14.3. The van der Waals surface area contributed by atoms with Crippen LogP contribution >= 0.6 is 0 Å². The monoisotopic (exact) mass is 371 g/mol. The van der Waals surface area contributed by atoms with E-state index in [1.165, 1.54) is 18.2 Å². The molecule has 27 heavy (non-hydrogen) atoms. The van der Waals surface area contributed by atoms with Crippen molar-refractivity contribution >= 4 is 23.5 Å². The smallest absolute Gasteiger partial charge is 0.325 e. The number of non-ortho nitro benzene ring substituents is 1. The Hall–Kier alpha value is -3.75. The molecule has 9 nitrogen and oxygen atoms in total. The number of carbonyl (C=O) groups excluding carboxylic acids is 3. The van der Waals surface area contributed by atoms with Gasteiger partial charge < -0.3 is 15.4 Å². The van der Waals surface area contributed by atoms with Crippen molar-refractivity contribution < 1.29 is 24.0 Å². The molecule has 0 aliphatic carbocycles. The number of ether oxygens (including phenoxy) is 1. The number of rotatable bonds is 8. The van der Waals surface area contributed by atoms with E-state index in [1.807, 2.05) is 30.3 Å². The van der Waals surface area contributed by atoms with E-state index in [4.69, 9.17) is 4.74 Å². The molecule has 140 valence electrons. The van der Waals surface area contributed by atoms with Crippen LogP contribution in [0.25, 0.3) is 0 Å². The zero-order chi connectivity index (χ0) is 19.6. The number of amides is 2. The Balaban J connectivity index is 1.71. The molecule has 0 saturated heterocycles. The normalized spacial score (nSPS) is 9.93. The lowest BCUT2D eigenvalue weighted by atomic mass is 10.2. The lowest BCUT2D eigenvalue weighted by Gasteiger charge is -2.08. The summed E-state index contributed by atoms with van der Waals surface area (Å²) in [4.78, 5) is 45.2. The highest BCUT2D eigenvalue weighted by Crippen LogP contribution is 2.12. The molecule has 0 heterocycles. The van der Waals surface area contributed by atoms with Crippen molar-refractivity contribution in [3.8, 4) is 0 Å². The summed E-state index contributed by atoms with van der Waals surface area (Å²) in [6.07, 6.45) is 0. The van der Waals surface area contributed by atoms with Crippen LogP contribution in [0.15, 0.2) is 54.6 Å². The van der Waals surface area contributed by atoms with Crippen molar-refractivity contribution in [2.75, 3.05) is 13.2 Å². The highest BCUT2D eigenvalue weighted by Gasteiger charge is 2.13. The van der Waals surface area contributed by atoms with Crippen LogP contribution in [0, 0.1) is 10.1 Å². The highest BCUT2D eigenvalue weighted by atomic mass is 16.6. The predicted molar refractivity (Wildman–Crippen MR) is 94.7 cm³/mol. The summed E-state index contributed by atoms with van der Waals surface area (Å²) in [5.74, 6) is -1.94. The van der Waals surface area contributed by atoms with Gasteiger partial charge in [-0.2, -0.15) is 0 Å². The largest absolute Gasteiger partial charge is 0.454 e. The number of carbonyl (C=O) groups is 3. The van der Waals surface area contributed by atoms with Gasteiger partial charge in [-0.25, -0.2) is 0 Å². The first-order chi connectivity index (χ1) is 13.0. The van der Waals surface area contributed by atoms with Crippen LogP contribution in [-0.4, -0.2) is 35.9 Å². The molecule has 9 heteroatoms. The van der Waals surface area contributed by atoms with E-state index in [0.29, 0.717) is 6.54 Å². The van der Waals surface area contributed by atoms with E-state index in [1.54, 1.807) is 0 Å². The summed E-state index contributed by atoms with van der Waals surface area (Å²) in [5, 5.41) is 15.6. The van der Waals surface area contributed by atoms with Crippen LogP contribution in [0.4, 0.5) is 5.69 Å². The van der Waals surface area contributed by atoms with Crippen LogP contribution in [-0.2, 0) is 20.9 Å². The maximum atomic E-state index is 11.9. The molecular formula is C18H17N3O6. The Morgan fingerprint density at radius 2 is 1.74 bits per heavy atom. The molecule has 2 rings (SSSR count). The Labute approximate surface area is 154 Å². The molecule has 0 bridgehead atoms. The van der Waals surface area contributed by atoms with Gasteiger partial charge in [0.25, 0.3) is 17.5 Å². The molecule has 2 aromatic carbocycles. The van der Waals surface area contributed by atoms with Crippen molar-refractivity contribution in [2.24, 2.45) is 0 Å². The third-order valence-corrected chi connectivity index (χ3v) is 3.41. The molecule has 0 atom stereocenters.